The number of aromatic nitrogens is 1. The molecule has 0 bridgehead atoms. The van der Waals surface area contributed by atoms with E-state index in [1.807, 2.05) is 6.07 Å². The Labute approximate surface area is 118 Å². The van der Waals surface area contributed by atoms with Crippen LogP contribution in [0.2, 0.25) is 5.15 Å². The first-order valence-corrected chi connectivity index (χ1v) is 7.11. The normalized spacial score (nSPS) is 18.9. The summed E-state index contributed by atoms with van der Waals surface area (Å²) in [5.41, 5.74) is 1.42. The second-order valence-electron chi connectivity index (χ2n) is 4.90. The third-order valence-electron chi connectivity index (χ3n) is 3.45. The maximum Gasteiger partial charge on any atom is 0.254 e. The molecule has 1 fully saturated rings. The average Bonchev–Trinajstić information content (AvgIpc) is 2.85. The van der Waals surface area contributed by atoms with Crippen LogP contribution < -0.4 is 0 Å². The van der Waals surface area contributed by atoms with Gasteiger partial charge in [0.05, 0.1) is 12.6 Å². The maximum atomic E-state index is 12.5. The van der Waals surface area contributed by atoms with E-state index in [0.717, 1.165) is 31.4 Å². The molecule has 2 heterocycles. The van der Waals surface area contributed by atoms with Crippen LogP contribution in [-0.4, -0.2) is 40.1 Å². The Morgan fingerprint density at radius 2 is 2.37 bits per heavy atom. The monoisotopic (exact) mass is 282 g/mol. The number of amides is 1. The summed E-state index contributed by atoms with van der Waals surface area (Å²) in [6.45, 7) is 2.78. The fourth-order valence-corrected chi connectivity index (χ4v) is 2.74. The van der Waals surface area contributed by atoms with Crippen LogP contribution >= 0.6 is 11.6 Å². The lowest BCUT2D eigenvalue weighted by Gasteiger charge is -2.23. The number of likely N-dealkylation sites (tertiary alicyclic amines) is 1. The van der Waals surface area contributed by atoms with Crippen LogP contribution in [-0.2, 0) is 6.42 Å². The molecule has 2 rings (SSSR count). The van der Waals surface area contributed by atoms with Crippen molar-refractivity contribution in [2.75, 3.05) is 13.2 Å². The third kappa shape index (κ3) is 3.25. The zero-order valence-electron chi connectivity index (χ0n) is 11.1. The summed E-state index contributed by atoms with van der Waals surface area (Å²) in [7, 11) is 0. The number of nitrogens with zero attached hydrogens (tertiary/aromatic N) is 2. The molecule has 0 spiro atoms. The number of carbonyl (C=O) groups is 1. The van der Waals surface area contributed by atoms with Gasteiger partial charge in [-0.25, -0.2) is 4.98 Å². The van der Waals surface area contributed by atoms with Crippen LogP contribution in [0.3, 0.4) is 0 Å². The SMILES string of the molecule is CCCc1cc(C(=O)N2CCC[C@H]2CO)cc(Cl)n1. The van der Waals surface area contributed by atoms with E-state index in [9.17, 15) is 9.90 Å². The van der Waals surface area contributed by atoms with E-state index in [0.29, 0.717) is 17.3 Å². The van der Waals surface area contributed by atoms with Crippen LogP contribution in [0, 0.1) is 0 Å². The van der Waals surface area contributed by atoms with E-state index in [1.165, 1.54) is 0 Å². The standard InChI is InChI=1S/C14H19ClN2O2/c1-2-4-11-7-10(8-13(15)16-11)14(19)17-6-3-5-12(17)9-18/h7-8,12,18H,2-6,9H2,1H3/t12-/m0/s1. The maximum absolute atomic E-state index is 12.5. The number of hydrogen-bond donors (Lipinski definition) is 1. The minimum Gasteiger partial charge on any atom is -0.394 e. The van der Waals surface area contributed by atoms with E-state index >= 15 is 0 Å². The van der Waals surface area contributed by atoms with Crippen molar-refractivity contribution in [1.82, 2.24) is 9.88 Å². The molecule has 1 atom stereocenters. The van der Waals surface area contributed by atoms with Crippen molar-refractivity contribution in [3.05, 3.63) is 28.5 Å². The molecule has 0 aromatic carbocycles. The number of carbonyl (C=O) groups excluding carboxylic acids is 1. The van der Waals surface area contributed by atoms with E-state index < -0.39 is 0 Å². The van der Waals surface area contributed by atoms with Gasteiger partial charge in [0.25, 0.3) is 5.91 Å². The van der Waals surface area contributed by atoms with Crippen molar-refractivity contribution in [2.45, 2.75) is 38.6 Å². The molecule has 19 heavy (non-hydrogen) atoms. The quantitative estimate of drug-likeness (QED) is 0.862. The minimum atomic E-state index is -0.0611. The van der Waals surface area contributed by atoms with Crippen molar-refractivity contribution < 1.29 is 9.90 Å². The highest BCUT2D eigenvalue weighted by atomic mass is 35.5. The Bertz CT molecular complexity index is 465. The first-order valence-electron chi connectivity index (χ1n) is 6.74. The number of rotatable bonds is 4. The highest BCUT2D eigenvalue weighted by Crippen LogP contribution is 2.21. The third-order valence-corrected chi connectivity index (χ3v) is 3.64. The molecular weight excluding hydrogens is 264 g/mol. The summed E-state index contributed by atoms with van der Waals surface area (Å²) >= 11 is 5.98. The van der Waals surface area contributed by atoms with Gasteiger partial charge in [0, 0.05) is 17.8 Å². The fourth-order valence-electron chi connectivity index (χ4n) is 2.52. The van der Waals surface area contributed by atoms with Crippen molar-refractivity contribution in [3.8, 4) is 0 Å². The second-order valence-corrected chi connectivity index (χ2v) is 5.28. The molecule has 0 radical (unpaired) electrons. The number of hydrogen-bond acceptors (Lipinski definition) is 3. The molecular formula is C14H19ClN2O2. The summed E-state index contributed by atoms with van der Waals surface area (Å²) < 4.78 is 0. The molecule has 1 aliphatic heterocycles. The Morgan fingerprint density at radius 1 is 1.58 bits per heavy atom. The molecule has 104 valence electrons. The summed E-state index contributed by atoms with van der Waals surface area (Å²) in [5.74, 6) is -0.0572. The summed E-state index contributed by atoms with van der Waals surface area (Å²) in [6.07, 6.45) is 3.58. The number of aryl methyl sites for hydroxylation is 1. The van der Waals surface area contributed by atoms with Crippen LogP contribution in [0.4, 0.5) is 0 Å². The largest absolute Gasteiger partial charge is 0.394 e. The first kappa shape index (κ1) is 14.3. The number of pyridine rings is 1. The van der Waals surface area contributed by atoms with Gasteiger partial charge in [-0.1, -0.05) is 24.9 Å². The van der Waals surface area contributed by atoms with Gasteiger partial charge in [-0.05, 0) is 31.4 Å². The van der Waals surface area contributed by atoms with E-state index in [2.05, 4.69) is 11.9 Å². The molecule has 0 saturated carbocycles. The van der Waals surface area contributed by atoms with Crippen molar-refractivity contribution in [1.29, 1.82) is 0 Å². The molecule has 5 heteroatoms. The topological polar surface area (TPSA) is 53.4 Å². The Kier molecular flexibility index (Phi) is 4.77. The molecule has 1 amide bonds. The molecule has 1 N–H and O–H groups in total. The molecule has 1 aliphatic rings. The highest BCUT2D eigenvalue weighted by Gasteiger charge is 2.29. The van der Waals surface area contributed by atoms with Gasteiger partial charge in [0.15, 0.2) is 0 Å². The zero-order chi connectivity index (χ0) is 13.8. The lowest BCUT2D eigenvalue weighted by Crippen LogP contribution is -2.37. The Morgan fingerprint density at radius 3 is 3.05 bits per heavy atom. The predicted molar refractivity (Wildman–Crippen MR) is 74.4 cm³/mol. The smallest absolute Gasteiger partial charge is 0.254 e. The van der Waals surface area contributed by atoms with Crippen LogP contribution in [0.25, 0.3) is 0 Å². The molecule has 4 nitrogen and oxygen atoms in total. The molecule has 0 aliphatic carbocycles. The predicted octanol–water partition coefficient (Wildman–Crippen LogP) is 2.28. The van der Waals surface area contributed by atoms with Gasteiger partial charge in [0.1, 0.15) is 5.15 Å². The first-order chi connectivity index (χ1) is 9.15. The van der Waals surface area contributed by atoms with Gasteiger partial charge in [0.2, 0.25) is 0 Å². The fraction of sp³-hybridized carbons (Fsp3) is 0.571. The number of aliphatic hydroxyl groups excluding tert-OH is 1. The van der Waals surface area contributed by atoms with Gasteiger partial charge in [-0.3, -0.25) is 4.79 Å². The molecule has 1 aromatic rings. The van der Waals surface area contributed by atoms with E-state index in [4.69, 9.17) is 11.6 Å². The van der Waals surface area contributed by atoms with Gasteiger partial charge >= 0.3 is 0 Å². The van der Waals surface area contributed by atoms with E-state index in [1.54, 1.807) is 11.0 Å². The van der Waals surface area contributed by atoms with Gasteiger partial charge < -0.3 is 10.0 Å². The number of halogens is 1. The molecule has 1 saturated heterocycles. The molecule has 0 unspecified atom stereocenters. The Balaban J connectivity index is 2.23. The van der Waals surface area contributed by atoms with Crippen molar-refractivity contribution in [2.24, 2.45) is 0 Å². The second kappa shape index (κ2) is 6.35. The van der Waals surface area contributed by atoms with Gasteiger partial charge in [-0.15, -0.1) is 0 Å². The minimum absolute atomic E-state index is 0.0202. The lowest BCUT2D eigenvalue weighted by atomic mass is 10.1. The summed E-state index contributed by atoms with van der Waals surface area (Å²) in [5, 5.41) is 9.65. The number of aliphatic hydroxyl groups is 1. The molecule has 1 aromatic heterocycles. The van der Waals surface area contributed by atoms with Crippen molar-refractivity contribution in [3.63, 3.8) is 0 Å². The summed E-state index contributed by atoms with van der Waals surface area (Å²) in [4.78, 5) is 18.4. The van der Waals surface area contributed by atoms with Crippen LogP contribution in [0.1, 0.15) is 42.2 Å². The zero-order valence-corrected chi connectivity index (χ0v) is 11.9. The van der Waals surface area contributed by atoms with E-state index in [-0.39, 0.29) is 18.6 Å². The lowest BCUT2D eigenvalue weighted by molar-refractivity contribution is 0.0677. The highest BCUT2D eigenvalue weighted by molar-refractivity contribution is 6.29. The van der Waals surface area contributed by atoms with Gasteiger partial charge in [-0.2, -0.15) is 0 Å². The van der Waals surface area contributed by atoms with Crippen molar-refractivity contribution >= 4 is 17.5 Å². The van der Waals surface area contributed by atoms with Crippen LogP contribution in [0.5, 0.6) is 0 Å². The summed E-state index contributed by atoms with van der Waals surface area (Å²) in [6, 6.07) is 3.36. The van der Waals surface area contributed by atoms with Crippen LogP contribution in [0.15, 0.2) is 12.1 Å². The average molecular weight is 283 g/mol. The Hall–Kier alpha value is -1.13.